The number of hydrogen-bond donors (Lipinski definition) is 1. The molecule has 1 aliphatic carbocycles. The van der Waals surface area contributed by atoms with Gasteiger partial charge >= 0.3 is 0 Å². The monoisotopic (exact) mass is 261 g/mol. The largest absolute Gasteiger partial charge is 0.304 e. The minimum atomic E-state index is 0.154. The Labute approximate surface area is 106 Å². The van der Waals surface area contributed by atoms with Crippen LogP contribution < -0.4 is 5.32 Å². The first-order valence-corrected chi connectivity index (χ1v) is 6.56. The van der Waals surface area contributed by atoms with Gasteiger partial charge in [-0.05, 0) is 26.7 Å². The van der Waals surface area contributed by atoms with E-state index in [9.17, 15) is 0 Å². The maximum Gasteiger partial charge on any atom is 0.0860 e. The number of rotatable bonds is 5. The van der Waals surface area contributed by atoms with Crippen molar-refractivity contribution in [2.45, 2.75) is 45.3 Å². The number of nitrogens with one attached hydrogen (secondary N) is 1. The van der Waals surface area contributed by atoms with E-state index in [1.54, 1.807) is 0 Å². The molecule has 1 N–H and O–H groups in total. The smallest absolute Gasteiger partial charge is 0.0860 e. The van der Waals surface area contributed by atoms with Crippen LogP contribution in [0.1, 0.15) is 31.2 Å². The van der Waals surface area contributed by atoms with E-state index in [0.29, 0.717) is 5.88 Å². The van der Waals surface area contributed by atoms with Crippen LogP contribution in [0.4, 0.5) is 0 Å². The summed E-state index contributed by atoms with van der Waals surface area (Å²) in [6.07, 6.45) is 2.32. The van der Waals surface area contributed by atoms with Crippen LogP contribution in [0.25, 0.3) is 0 Å². The summed E-state index contributed by atoms with van der Waals surface area (Å²) in [6.45, 7) is 5.60. The summed E-state index contributed by atoms with van der Waals surface area (Å²) in [4.78, 5) is 0. The SMILES string of the molecule is CCn1nc(C)c(Cl)c1CNC1(CCl)CC1. The summed E-state index contributed by atoms with van der Waals surface area (Å²) < 4.78 is 1.95. The third-order valence-electron chi connectivity index (χ3n) is 3.19. The van der Waals surface area contributed by atoms with E-state index in [2.05, 4.69) is 17.3 Å². The summed E-state index contributed by atoms with van der Waals surface area (Å²) in [6, 6.07) is 0. The van der Waals surface area contributed by atoms with E-state index < -0.39 is 0 Å². The lowest BCUT2D eigenvalue weighted by atomic mass is 10.3. The molecule has 1 saturated carbocycles. The van der Waals surface area contributed by atoms with Crippen LogP contribution in [0, 0.1) is 6.92 Å². The van der Waals surface area contributed by atoms with Crippen molar-refractivity contribution < 1.29 is 0 Å². The molecule has 0 aliphatic heterocycles. The van der Waals surface area contributed by atoms with E-state index >= 15 is 0 Å². The van der Waals surface area contributed by atoms with Crippen molar-refractivity contribution in [3.8, 4) is 0 Å². The van der Waals surface area contributed by atoms with Crippen molar-refractivity contribution in [3.63, 3.8) is 0 Å². The maximum atomic E-state index is 6.23. The van der Waals surface area contributed by atoms with Crippen molar-refractivity contribution in [2.75, 3.05) is 5.88 Å². The second-order valence-electron chi connectivity index (χ2n) is 4.43. The molecule has 1 fully saturated rings. The van der Waals surface area contributed by atoms with E-state index in [1.165, 1.54) is 0 Å². The molecule has 5 heteroatoms. The standard InChI is InChI=1S/C11H17Cl2N3/c1-3-16-9(10(13)8(2)15-16)6-14-11(7-12)4-5-11/h14H,3-7H2,1-2H3. The lowest BCUT2D eigenvalue weighted by Crippen LogP contribution is -2.33. The van der Waals surface area contributed by atoms with Crippen molar-refractivity contribution in [2.24, 2.45) is 0 Å². The van der Waals surface area contributed by atoms with Gasteiger partial charge in [0.1, 0.15) is 0 Å². The minimum absolute atomic E-state index is 0.154. The van der Waals surface area contributed by atoms with Gasteiger partial charge in [0, 0.05) is 24.5 Å². The fourth-order valence-electron chi connectivity index (χ4n) is 1.82. The Hall–Kier alpha value is -0.250. The highest BCUT2D eigenvalue weighted by Gasteiger charge is 2.41. The Morgan fingerprint density at radius 1 is 1.50 bits per heavy atom. The second-order valence-corrected chi connectivity index (χ2v) is 5.07. The van der Waals surface area contributed by atoms with Crippen LogP contribution in [0.3, 0.4) is 0 Å². The molecular formula is C11H17Cl2N3. The zero-order valence-electron chi connectivity index (χ0n) is 9.69. The van der Waals surface area contributed by atoms with Gasteiger partial charge in [0.15, 0.2) is 0 Å². The molecule has 1 aromatic heterocycles. The first-order valence-electron chi connectivity index (χ1n) is 5.64. The summed E-state index contributed by atoms with van der Waals surface area (Å²) in [5.41, 5.74) is 2.12. The summed E-state index contributed by atoms with van der Waals surface area (Å²) in [7, 11) is 0. The average Bonchev–Trinajstić information content (AvgIpc) is 3.02. The third-order valence-corrected chi connectivity index (χ3v) is 4.20. The molecule has 0 unspecified atom stereocenters. The van der Waals surface area contributed by atoms with Gasteiger partial charge in [-0.3, -0.25) is 4.68 Å². The first kappa shape index (κ1) is 12.2. The van der Waals surface area contributed by atoms with Crippen molar-refractivity contribution >= 4 is 23.2 Å². The number of halogens is 2. The Balaban J connectivity index is 2.08. The normalized spacial score (nSPS) is 17.8. The lowest BCUT2D eigenvalue weighted by molar-refractivity contribution is 0.510. The van der Waals surface area contributed by atoms with Crippen LogP contribution in [0.5, 0.6) is 0 Å². The van der Waals surface area contributed by atoms with Crippen molar-refractivity contribution in [3.05, 3.63) is 16.4 Å². The second kappa shape index (κ2) is 4.55. The van der Waals surface area contributed by atoms with E-state index in [4.69, 9.17) is 23.2 Å². The Morgan fingerprint density at radius 3 is 2.69 bits per heavy atom. The van der Waals surface area contributed by atoms with Gasteiger partial charge in [0.25, 0.3) is 0 Å². The number of aromatic nitrogens is 2. The average molecular weight is 262 g/mol. The zero-order valence-corrected chi connectivity index (χ0v) is 11.2. The van der Waals surface area contributed by atoms with Crippen LogP contribution >= 0.6 is 23.2 Å². The molecule has 90 valence electrons. The molecule has 0 spiro atoms. The van der Waals surface area contributed by atoms with E-state index in [1.807, 2.05) is 11.6 Å². The molecule has 0 radical (unpaired) electrons. The van der Waals surface area contributed by atoms with E-state index in [0.717, 1.165) is 42.3 Å². The predicted molar refractivity (Wildman–Crippen MR) is 67.2 cm³/mol. The predicted octanol–water partition coefficient (Wildman–Crippen LogP) is 2.73. The van der Waals surface area contributed by atoms with Gasteiger partial charge in [0.2, 0.25) is 0 Å². The molecule has 1 heterocycles. The third kappa shape index (κ3) is 2.22. The van der Waals surface area contributed by atoms with E-state index in [-0.39, 0.29) is 5.54 Å². The highest BCUT2D eigenvalue weighted by molar-refractivity contribution is 6.31. The highest BCUT2D eigenvalue weighted by Crippen LogP contribution is 2.37. The Morgan fingerprint density at radius 2 is 2.19 bits per heavy atom. The summed E-state index contributed by atoms with van der Waals surface area (Å²) in [5, 5.41) is 8.65. The maximum absolute atomic E-state index is 6.23. The molecule has 1 aromatic rings. The van der Waals surface area contributed by atoms with Crippen LogP contribution in [-0.2, 0) is 13.1 Å². The minimum Gasteiger partial charge on any atom is -0.304 e. The molecule has 0 bridgehead atoms. The summed E-state index contributed by atoms with van der Waals surface area (Å²) in [5.74, 6) is 0.670. The number of nitrogens with zero attached hydrogens (tertiary/aromatic N) is 2. The van der Waals surface area contributed by atoms with Gasteiger partial charge in [-0.25, -0.2) is 0 Å². The van der Waals surface area contributed by atoms with Crippen LogP contribution in [-0.4, -0.2) is 21.2 Å². The topological polar surface area (TPSA) is 29.9 Å². The van der Waals surface area contributed by atoms with Crippen LogP contribution in [0.2, 0.25) is 5.02 Å². The fourth-order valence-corrected chi connectivity index (χ4v) is 2.38. The van der Waals surface area contributed by atoms with Crippen molar-refractivity contribution in [1.29, 1.82) is 0 Å². The molecule has 0 atom stereocenters. The highest BCUT2D eigenvalue weighted by atomic mass is 35.5. The van der Waals surface area contributed by atoms with Crippen LogP contribution in [0.15, 0.2) is 0 Å². The van der Waals surface area contributed by atoms with Gasteiger partial charge in [-0.2, -0.15) is 5.10 Å². The molecule has 16 heavy (non-hydrogen) atoms. The summed E-state index contributed by atoms with van der Waals surface area (Å²) >= 11 is 12.2. The number of aryl methyl sites for hydroxylation is 2. The van der Waals surface area contributed by atoms with Gasteiger partial charge in [-0.15, -0.1) is 11.6 Å². The molecule has 0 saturated heterocycles. The van der Waals surface area contributed by atoms with Gasteiger partial charge in [0.05, 0.1) is 16.4 Å². The quantitative estimate of drug-likeness (QED) is 0.827. The molecule has 3 nitrogen and oxygen atoms in total. The lowest BCUT2D eigenvalue weighted by Gasteiger charge is -2.14. The molecule has 2 rings (SSSR count). The molecular weight excluding hydrogens is 245 g/mol. The zero-order chi connectivity index (χ0) is 11.8. The van der Waals surface area contributed by atoms with Crippen molar-refractivity contribution in [1.82, 2.24) is 15.1 Å². The molecule has 0 amide bonds. The Kier molecular flexibility index (Phi) is 3.48. The molecule has 1 aliphatic rings. The Bertz CT molecular complexity index is 383. The van der Waals surface area contributed by atoms with Gasteiger partial charge in [-0.1, -0.05) is 11.6 Å². The first-order chi connectivity index (χ1) is 7.62. The number of alkyl halides is 1. The molecule has 0 aromatic carbocycles. The van der Waals surface area contributed by atoms with Gasteiger partial charge < -0.3 is 5.32 Å². The fraction of sp³-hybridized carbons (Fsp3) is 0.727. The number of hydrogen-bond acceptors (Lipinski definition) is 2.